The van der Waals surface area contributed by atoms with Crippen molar-refractivity contribution in [2.75, 3.05) is 7.11 Å². The molecule has 5 rings (SSSR count). The number of hydrogen-bond donors (Lipinski definition) is 0. The fraction of sp³-hybridized carbons (Fsp3) is 0.115. The second kappa shape index (κ2) is 8.51. The fourth-order valence-electron chi connectivity index (χ4n) is 3.90. The summed E-state index contributed by atoms with van der Waals surface area (Å²) in [5, 5.41) is 9.86. The highest BCUT2D eigenvalue weighted by Crippen LogP contribution is 2.32. The Labute approximate surface area is 185 Å². The van der Waals surface area contributed by atoms with Crippen LogP contribution in [0.1, 0.15) is 11.1 Å². The van der Waals surface area contributed by atoms with Crippen molar-refractivity contribution in [2.24, 2.45) is 0 Å². The topological polar surface area (TPSA) is 61.9 Å². The van der Waals surface area contributed by atoms with Crippen molar-refractivity contribution in [3.05, 3.63) is 113 Å². The second-order valence-electron chi connectivity index (χ2n) is 7.55. The largest absolute Gasteiger partial charge is 0.496 e. The number of ether oxygens (including phenoxy) is 1. The van der Waals surface area contributed by atoms with Crippen LogP contribution in [-0.4, -0.2) is 26.7 Å². The van der Waals surface area contributed by atoms with Gasteiger partial charge in [-0.25, -0.2) is 4.68 Å². The van der Waals surface area contributed by atoms with Gasteiger partial charge in [0.2, 0.25) is 0 Å². The van der Waals surface area contributed by atoms with Gasteiger partial charge in [0.05, 0.1) is 37.3 Å². The summed E-state index contributed by atoms with van der Waals surface area (Å²) >= 11 is 0. The molecule has 0 spiro atoms. The Kier molecular flexibility index (Phi) is 5.25. The van der Waals surface area contributed by atoms with E-state index in [1.165, 1.54) is 4.68 Å². The molecule has 3 aromatic carbocycles. The molecule has 0 saturated heterocycles. The predicted molar refractivity (Wildman–Crippen MR) is 125 cm³/mol. The number of benzene rings is 3. The molecule has 158 valence electrons. The summed E-state index contributed by atoms with van der Waals surface area (Å²) in [6, 6.07) is 27.5. The van der Waals surface area contributed by atoms with E-state index in [0.29, 0.717) is 35.4 Å². The third kappa shape index (κ3) is 3.67. The number of rotatable bonds is 6. The van der Waals surface area contributed by atoms with Crippen molar-refractivity contribution in [1.29, 1.82) is 0 Å². The minimum atomic E-state index is -0.174. The van der Waals surface area contributed by atoms with Crippen molar-refractivity contribution in [3.8, 4) is 17.0 Å². The molecule has 0 bridgehead atoms. The molecule has 0 saturated carbocycles. The SMILES string of the molecule is COc1ccccc1-c1nn(Cc2ccccc2)c2cnn(Cc3ccccc3)c(=O)c12. The number of aromatic nitrogens is 4. The normalized spacial score (nSPS) is 11.0. The Balaban J connectivity index is 1.71. The lowest BCUT2D eigenvalue weighted by Crippen LogP contribution is -2.23. The Morgan fingerprint density at radius 3 is 2.03 bits per heavy atom. The first kappa shape index (κ1) is 19.8. The highest BCUT2D eigenvalue weighted by Gasteiger charge is 2.20. The standard InChI is InChI=1S/C26H22N4O2/c1-32-23-15-9-8-14-21(23)25-24-22(29(28-25)17-19-10-4-2-5-11-19)16-27-30(26(24)31)18-20-12-6-3-7-13-20/h2-16H,17-18H2,1H3. The average molecular weight is 422 g/mol. The highest BCUT2D eigenvalue weighted by atomic mass is 16.5. The molecule has 0 aliphatic heterocycles. The zero-order valence-electron chi connectivity index (χ0n) is 17.7. The first-order valence-corrected chi connectivity index (χ1v) is 10.4. The maximum Gasteiger partial charge on any atom is 0.278 e. The molecule has 0 radical (unpaired) electrons. The van der Waals surface area contributed by atoms with Crippen molar-refractivity contribution < 1.29 is 4.74 Å². The Morgan fingerprint density at radius 1 is 0.781 bits per heavy atom. The monoisotopic (exact) mass is 422 g/mol. The van der Waals surface area contributed by atoms with Crippen LogP contribution in [0.3, 0.4) is 0 Å². The molecule has 6 nitrogen and oxygen atoms in total. The van der Waals surface area contributed by atoms with Crippen LogP contribution in [0.5, 0.6) is 5.75 Å². The fourth-order valence-corrected chi connectivity index (χ4v) is 3.90. The Morgan fingerprint density at radius 2 is 1.38 bits per heavy atom. The smallest absolute Gasteiger partial charge is 0.278 e. The lowest BCUT2D eigenvalue weighted by molar-refractivity contribution is 0.416. The maximum atomic E-state index is 13.6. The van der Waals surface area contributed by atoms with Gasteiger partial charge < -0.3 is 4.74 Å². The van der Waals surface area contributed by atoms with Crippen LogP contribution in [0.15, 0.2) is 95.9 Å². The van der Waals surface area contributed by atoms with Gasteiger partial charge >= 0.3 is 0 Å². The summed E-state index contributed by atoms with van der Waals surface area (Å²) in [6.45, 7) is 0.932. The third-order valence-corrected chi connectivity index (χ3v) is 5.47. The molecule has 0 fully saturated rings. The zero-order chi connectivity index (χ0) is 21.9. The number of nitrogens with zero attached hydrogens (tertiary/aromatic N) is 4. The molecular formula is C26H22N4O2. The van der Waals surface area contributed by atoms with Gasteiger partial charge in [-0.3, -0.25) is 9.48 Å². The molecule has 0 aliphatic rings. The van der Waals surface area contributed by atoms with E-state index >= 15 is 0 Å². The minimum Gasteiger partial charge on any atom is -0.496 e. The van der Waals surface area contributed by atoms with E-state index in [2.05, 4.69) is 5.10 Å². The van der Waals surface area contributed by atoms with E-state index in [9.17, 15) is 4.79 Å². The van der Waals surface area contributed by atoms with E-state index < -0.39 is 0 Å². The van der Waals surface area contributed by atoms with E-state index in [1.807, 2.05) is 89.6 Å². The van der Waals surface area contributed by atoms with E-state index in [0.717, 1.165) is 16.7 Å². The highest BCUT2D eigenvalue weighted by molar-refractivity contribution is 5.93. The van der Waals surface area contributed by atoms with Crippen molar-refractivity contribution in [3.63, 3.8) is 0 Å². The molecule has 5 aromatic rings. The van der Waals surface area contributed by atoms with E-state index in [1.54, 1.807) is 13.3 Å². The summed E-state index contributed by atoms with van der Waals surface area (Å²) in [6.07, 6.45) is 1.73. The zero-order valence-corrected chi connectivity index (χ0v) is 17.7. The van der Waals surface area contributed by atoms with Crippen LogP contribution in [-0.2, 0) is 13.1 Å². The van der Waals surface area contributed by atoms with Gasteiger partial charge in [-0.05, 0) is 23.3 Å². The Hall–Kier alpha value is -4.19. The maximum absolute atomic E-state index is 13.6. The van der Waals surface area contributed by atoms with Gasteiger partial charge in [-0.2, -0.15) is 10.2 Å². The van der Waals surface area contributed by atoms with Gasteiger partial charge in [0.1, 0.15) is 11.4 Å². The summed E-state index contributed by atoms with van der Waals surface area (Å²) in [4.78, 5) is 13.6. The van der Waals surface area contributed by atoms with Crippen LogP contribution in [0, 0.1) is 0 Å². The summed E-state index contributed by atoms with van der Waals surface area (Å²) < 4.78 is 8.90. The molecule has 0 amide bonds. The van der Waals surface area contributed by atoms with Crippen LogP contribution < -0.4 is 10.3 Å². The molecule has 6 heteroatoms. The van der Waals surface area contributed by atoms with Gasteiger partial charge in [0, 0.05) is 5.56 Å². The number of para-hydroxylation sites is 1. The summed E-state index contributed by atoms with van der Waals surface area (Å²) in [5.41, 5.74) is 4.01. The summed E-state index contributed by atoms with van der Waals surface area (Å²) in [7, 11) is 1.62. The van der Waals surface area contributed by atoms with Crippen molar-refractivity contribution in [1.82, 2.24) is 19.6 Å². The minimum absolute atomic E-state index is 0.174. The number of hydrogen-bond acceptors (Lipinski definition) is 4. The second-order valence-corrected chi connectivity index (χ2v) is 7.55. The van der Waals surface area contributed by atoms with Crippen LogP contribution >= 0.6 is 0 Å². The van der Waals surface area contributed by atoms with Crippen molar-refractivity contribution in [2.45, 2.75) is 13.1 Å². The van der Waals surface area contributed by atoms with Crippen LogP contribution in [0.4, 0.5) is 0 Å². The lowest BCUT2D eigenvalue weighted by atomic mass is 10.1. The molecule has 0 N–H and O–H groups in total. The van der Waals surface area contributed by atoms with E-state index in [4.69, 9.17) is 9.84 Å². The molecular weight excluding hydrogens is 400 g/mol. The van der Waals surface area contributed by atoms with Gasteiger partial charge in [0.15, 0.2) is 0 Å². The quantitative estimate of drug-likeness (QED) is 0.408. The third-order valence-electron chi connectivity index (χ3n) is 5.47. The summed E-state index contributed by atoms with van der Waals surface area (Å²) in [5.74, 6) is 0.671. The molecule has 0 atom stereocenters. The first-order chi connectivity index (χ1) is 15.7. The first-order valence-electron chi connectivity index (χ1n) is 10.4. The molecule has 0 unspecified atom stereocenters. The van der Waals surface area contributed by atoms with Crippen molar-refractivity contribution >= 4 is 10.9 Å². The molecule has 2 aromatic heterocycles. The molecule has 0 aliphatic carbocycles. The predicted octanol–water partition coefficient (Wildman–Crippen LogP) is 4.37. The Bertz CT molecular complexity index is 1420. The number of methoxy groups -OCH3 is 1. The van der Waals surface area contributed by atoms with Gasteiger partial charge in [0.25, 0.3) is 5.56 Å². The van der Waals surface area contributed by atoms with Crippen LogP contribution in [0.2, 0.25) is 0 Å². The molecule has 2 heterocycles. The molecule has 32 heavy (non-hydrogen) atoms. The lowest BCUT2D eigenvalue weighted by Gasteiger charge is -2.07. The average Bonchev–Trinajstić information content (AvgIpc) is 3.21. The van der Waals surface area contributed by atoms with E-state index in [-0.39, 0.29) is 5.56 Å². The number of fused-ring (bicyclic) bond motifs is 1. The van der Waals surface area contributed by atoms with Gasteiger partial charge in [-0.1, -0.05) is 72.8 Å². The van der Waals surface area contributed by atoms with Gasteiger partial charge in [-0.15, -0.1) is 0 Å². The van der Waals surface area contributed by atoms with Crippen LogP contribution in [0.25, 0.3) is 22.2 Å².